The van der Waals surface area contributed by atoms with Crippen molar-refractivity contribution in [3.05, 3.63) is 57.6 Å². The van der Waals surface area contributed by atoms with Gasteiger partial charge in [0, 0.05) is 5.41 Å². The first-order valence-electron chi connectivity index (χ1n) is 7.46. The van der Waals surface area contributed by atoms with Crippen molar-refractivity contribution in [1.82, 2.24) is 14.6 Å². The van der Waals surface area contributed by atoms with E-state index in [4.69, 9.17) is 0 Å². The Bertz CT molecular complexity index is 982. The average Bonchev–Trinajstić information content (AvgIpc) is 2.94. The molecule has 0 bridgehead atoms. The molecule has 0 aliphatic carbocycles. The molecule has 0 unspecified atom stereocenters. The molecule has 0 amide bonds. The van der Waals surface area contributed by atoms with Gasteiger partial charge < -0.3 is 0 Å². The van der Waals surface area contributed by atoms with E-state index in [1.807, 2.05) is 51.1 Å². The summed E-state index contributed by atoms with van der Waals surface area (Å²) in [6.07, 6.45) is 0. The van der Waals surface area contributed by atoms with E-state index in [2.05, 4.69) is 16.2 Å². The Morgan fingerprint density at radius 2 is 1.87 bits per heavy atom. The largest absolute Gasteiger partial charge is 0.279 e. The standard InChI is InChI=1S/C18H18N4O/c1-11-13(10-19)15-20-17(18(2,3)4)21-22(15)16(23)14(11)12-8-6-5-7-9-12/h5-9H,1-4H3,(H,20,21). The Hall–Kier alpha value is -2.87. The number of benzene rings is 1. The van der Waals surface area contributed by atoms with Crippen LogP contribution in [0.1, 0.15) is 37.7 Å². The van der Waals surface area contributed by atoms with Crippen LogP contribution >= 0.6 is 0 Å². The quantitative estimate of drug-likeness (QED) is 0.750. The van der Waals surface area contributed by atoms with E-state index in [-0.39, 0.29) is 11.0 Å². The number of hydrogen-bond donors (Lipinski definition) is 1. The zero-order chi connectivity index (χ0) is 16.8. The first-order chi connectivity index (χ1) is 10.8. The summed E-state index contributed by atoms with van der Waals surface area (Å²) in [6.45, 7) is 7.82. The molecule has 3 aromatic rings. The lowest BCUT2D eigenvalue weighted by Gasteiger charge is -2.13. The van der Waals surface area contributed by atoms with Crippen molar-refractivity contribution in [2.24, 2.45) is 0 Å². The maximum Gasteiger partial charge on any atom is 0.279 e. The predicted molar refractivity (Wildman–Crippen MR) is 89.4 cm³/mol. The Balaban J connectivity index is 2.45. The van der Waals surface area contributed by atoms with Crippen molar-refractivity contribution in [3.63, 3.8) is 0 Å². The highest BCUT2D eigenvalue weighted by molar-refractivity contribution is 5.73. The van der Waals surface area contributed by atoms with Crippen LogP contribution in [-0.4, -0.2) is 14.6 Å². The molecule has 0 saturated carbocycles. The van der Waals surface area contributed by atoms with E-state index in [0.717, 1.165) is 5.56 Å². The molecule has 5 heteroatoms. The maximum atomic E-state index is 12.9. The molecular formula is C18H18N4O. The van der Waals surface area contributed by atoms with Crippen molar-refractivity contribution in [2.75, 3.05) is 0 Å². The summed E-state index contributed by atoms with van der Waals surface area (Å²) in [6, 6.07) is 11.6. The molecule has 0 fully saturated rings. The number of aromatic amines is 1. The van der Waals surface area contributed by atoms with Crippen molar-refractivity contribution in [2.45, 2.75) is 33.1 Å². The number of nitrogens with zero attached hydrogens (tertiary/aromatic N) is 3. The summed E-state index contributed by atoms with van der Waals surface area (Å²) >= 11 is 0. The Labute approximate surface area is 134 Å². The van der Waals surface area contributed by atoms with Crippen LogP contribution in [-0.2, 0) is 5.41 Å². The first kappa shape index (κ1) is 15.0. The number of fused-ring (bicyclic) bond motifs is 1. The summed E-state index contributed by atoms with van der Waals surface area (Å²) in [4.78, 5) is 17.4. The Kier molecular flexibility index (Phi) is 3.33. The minimum Gasteiger partial charge on any atom is -0.276 e. The van der Waals surface area contributed by atoms with Crippen molar-refractivity contribution >= 4 is 5.65 Å². The summed E-state index contributed by atoms with van der Waals surface area (Å²) in [5.41, 5.74) is 2.37. The summed E-state index contributed by atoms with van der Waals surface area (Å²) in [7, 11) is 0. The second-order valence-electron chi connectivity index (χ2n) is 6.64. The highest BCUT2D eigenvalue weighted by Gasteiger charge is 2.23. The van der Waals surface area contributed by atoms with Crippen molar-refractivity contribution < 1.29 is 0 Å². The van der Waals surface area contributed by atoms with Crippen LogP contribution in [0.2, 0.25) is 0 Å². The van der Waals surface area contributed by atoms with Gasteiger partial charge in [0.2, 0.25) is 0 Å². The lowest BCUT2D eigenvalue weighted by atomic mass is 9.96. The monoisotopic (exact) mass is 306 g/mol. The van der Waals surface area contributed by atoms with Crippen LogP contribution in [0.25, 0.3) is 16.8 Å². The van der Waals surface area contributed by atoms with Crippen molar-refractivity contribution in [1.29, 1.82) is 5.26 Å². The highest BCUT2D eigenvalue weighted by atomic mass is 16.1. The molecule has 1 aromatic carbocycles. The molecule has 5 nitrogen and oxygen atoms in total. The smallest absolute Gasteiger partial charge is 0.276 e. The molecule has 2 heterocycles. The fourth-order valence-corrected chi connectivity index (χ4v) is 2.63. The van der Waals surface area contributed by atoms with E-state index in [9.17, 15) is 10.1 Å². The lowest BCUT2D eigenvalue weighted by molar-refractivity contribution is 0.544. The normalized spacial score (nSPS) is 11.6. The molecule has 0 spiro atoms. The molecule has 0 aliphatic rings. The van der Waals surface area contributed by atoms with Crippen molar-refractivity contribution in [3.8, 4) is 17.2 Å². The van der Waals surface area contributed by atoms with E-state index >= 15 is 0 Å². The number of rotatable bonds is 1. The fourth-order valence-electron chi connectivity index (χ4n) is 2.63. The average molecular weight is 306 g/mol. The molecule has 116 valence electrons. The van der Waals surface area contributed by atoms with Crippen LogP contribution in [0.4, 0.5) is 0 Å². The van der Waals surface area contributed by atoms with Gasteiger partial charge in [-0.1, -0.05) is 51.1 Å². The van der Waals surface area contributed by atoms with Crippen LogP contribution in [0.3, 0.4) is 0 Å². The van der Waals surface area contributed by atoms with Gasteiger partial charge in [-0.3, -0.25) is 9.89 Å². The molecule has 0 saturated heterocycles. The second kappa shape index (κ2) is 5.10. The van der Waals surface area contributed by atoms with Crippen LogP contribution in [0.15, 0.2) is 35.1 Å². The van der Waals surface area contributed by atoms with E-state index in [1.165, 1.54) is 4.52 Å². The SMILES string of the molecule is Cc1c(-c2ccccc2)c(=O)n2[nH]c(C(C)(C)C)nc2c1C#N. The Morgan fingerprint density at radius 3 is 2.43 bits per heavy atom. The number of nitriles is 1. The third-order valence-electron chi connectivity index (χ3n) is 3.92. The van der Waals surface area contributed by atoms with Gasteiger partial charge in [-0.2, -0.15) is 9.78 Å². The van der Waals surface area contributed by atoms with Crippen LogP contribution < -0.4 is 5.56 Å². The van der Waals surface area contributed by atoms with Gasteiger partial charge in [0.1, 0.15) is 17.5 Å². The topological polar surface area (TPSA) is 73.9 Å². The Morgan fingerprint density at radius 1 is 1.22 bits per heavy atom. The second-order valence-corrected chi connectivity index (χ2v) is 6.64. The van der Waals surface area contributed by atoms with E-state index < -0.39 is 0 Å². The number of pyridine rings is 1. The fraction of sp³-hybridized carbons (Fsp3) is 0.278. The van der Waals surface area contributed by atoms with E-state index in [0.29, 0.717) is 28.2 Å². The zero-order valence-corrected chi connectivity index (χ0v) is 13.6. The van der Waals surface area contributed by atoms with Gasteiger partial charge in [-0.05, 0) is 18.1 Å². The van der Waals surface area contributed by atoms with Gasteiger partial charge in [0.05, 0.1) is 5.56 Å². The molecule has 2 aromatic heterocycles. The molecule has 1 N–H and O–H groups in total. The van der Waals surface area contributed by atoms with E-state index in [1.54, 1.807) is 6.92 Å². The summed E-state index contributed by atoms with van der Waals surface area (Å²) in [5, 5.41) is 12.6. The van der Waals surface area contributed by atoms with Gasteiger partial charge in [-0.25, -0.2) is 4.98 Å². The molecule has 0 radical (unpaired) electrons. The number of nitrogens with one attached hydrogen (secondary N) is 1. The third kappa shape index (κ3) is 2.33. The van der Waals surface area contributed by atoms with Crippen LogP contribution in [0, 0.1) is 18.3 Å². The minimum atomic E-state index is -0.244. The highest BCUT2D eigenvalue weighted by Crippen LogP contribution is 2.26. The predicted octanol–water partition coefficient (Wildman–Crippen LogP) is 3.17. The molecule has 0 aliphatic heterocycles. The molecule has 23 heavy (non-hydrogen) atoms. The minimum absolute atomic E-state index is 0.189. The molecular weight excluding hydrogens is 288 g/mol. The lowest BCUT2D eigenvalue weighted by Crippen LogP contribution is -2.20. The molecule has 0 atom stereocenters. The third-order valence-corrected chi connectivity index (χ3v) is 3.92. The van der Waals surface area contributed by atoms with Gasteiger partial charge in [0.25, 0.3) is 5.56 Å². The molecule has 3 rings (SSSR count). The zero-order valence-electron chi connectivity index (χ0n) is 13.6. The summed E-state index contributed by atoms with van der Waals surface area (Å²) in [5.74, 6) is 0.677. The number of H-pyrrole nitrogens is 1. The van der Waals surface area contributed by atoms with Gasteiger partial charge >= 0.3 is 0 Å². The maximum absolute atomic E-state index is 12.9. The number of hydrogen-bond acceptors (Lipinski definition) is 3. The summed E-state index contributed by atoms with van der Waals surface area (Å²) < 4.78 is 1.38. The first-order valence-corrected chi connectivity index (χ1v) is 7.46. The van der Waals surface area contributed by atoms with Crippen LogP contribution in [0.5, 0.6) is 0 Å². The number of aromatic nitrogens is 3. The van der Waals surface area contributed by atoms with Gasteiger partial charge in [-0.15, -0.1) is 0 Å². The van der Waals surface area contributed by atoms with Gasteiger partial charge in [0.15, 0.2) is 5.65 Å².